The third kappa shape index (κ3) is 5.95. The summed E-state index contributed by atoms with van der Waals surface area (Å²) in [6.07, 6.45) is 1.23. The molecule has 194 valence electrons. The summed E-state index contributed by atoms with van der Waals surface area (Å²) in [6.45, 7) is 1.35. The van der Waals surface area contributed by atoms with Crippen molar-refractivity contribution in [3.8, 4) is 5.75 Å². The van der Waals surface area contributed by atoms with Crippen LogP contribution in [-0.4, -0.2) is 30.4 Å². The van der Waals surface area contributed by atoms with Crippen LogP contribution in [0.2, 0.25) is 20.1 Å². The van der Waals surface area contributed by atoms with Crippen LogP contribution in [0.3, 0.4) is 0 Å². The lowest BCUT2D eigenvalue weighted by Crippen LogP contribution is -2.54. The average molecular weight is 593 g/mol. The monoisotopic (exact) mass is 591 g/mol. The molecule has 0 aromatic heterocycles. The number of halogens is 4. The van der Waals surface area contributed by atoms with Crippen LogP contribution in [0.25, 0.3) is 6.08 Å². The van der Waals surface area contributed by atoms with Crippen molar-refractivity contribution < 1.29 is 23.9 Å². The number of carbonyl (C=O) groups is 4. The van der Waals surface area contributed by atoms with E-state index in [0.717, 1.165) is 10.5 Å². The Morgan fingerprint density at radius 3 is 2.29 bits per heavy atom. The topological polar surface area (TPSA) is 105 Å². The number of aryl methyl sites for hydroxylation is 1. The summed E-state index contributed by atoms with van der Waals surface area (Å²) in [4.78, 5) is 51.1. The number of hydrogen-bond acceptors (Lipinski definition) is 5. The van der Waals surface area contributed by atoms with Gasteiger partial charge in [-0.25, -0.2) is 9.69 Å². The minimum atomic E-state index is -0.910. The molecule has 1 heterocycles. The van der Waals surface area contributed by atoms with Crippen LogP contribution in [0.15, 0.2) is 60.2 Å². The standard InChI is InChI=1S/C26H17Cl4N3O5/c1-13-6-7-15(11-18(13)28)33-25(36)16(24(35)32-26(33)37)8-14-9-19(29)23(20(30)10-14)38-12-22(34)31-21-5-3-2-4-17(21)27/h2-11H,12H2,1H3,(H,31,34)(H,32,35,37)/b16-8+. The molecule has 1 fully saturated rings. The van der Waals surface area contributed by atoms with Gasteiger partial charge in [0.15, 0.2) is 12.4 Å². The predicted molar refractivity (Wildman–Crippen MR) is 147 cm³/mol. The highest BCUT2D eigenvalue weighted by atomic mass is 35.5. The van der Waals surface area contributed by atoms with E-state index >= 15 is 0 Å². The van der Waals surface area contributed by atoms with Crippen LogP contribution < -0.4 is 20.3 Å². The Morgan fingerprint density at radius 2 is 1.63 bits per heavy atom. The van der Waals surface area contributed by atoms with Gasteiger partial charge in [-0.3, -0.25) is 19.7 Å². The van der Waals surface area contributed by atoms with Gasteiger partial charge < -0.3 is 10.1 Å². The number of anilines is 2. The third-order valence-electron chi connectivity index (χ3n) is 5.34. The van der Waals surface area contributed by atoms with Gasteiger partial charge in [0.25, 0.3) is 17.7 Å². The molecule has 0 aliphatic carbocycles. The fourth-order valence-electron chi connectivity index (χ4n) is 3.47. The Morgan fingerprint density at radius 1 is 0.947 bits per heavy atom. The van der Waals surface area contributed by atoms with Gasteiger partial charge in [0.1, 0.15) is 5.57 Å². The molecule has 4 rings (SSSR count). The normalized spacial score (nSPS) is 14.5. The van der Waals surface area contributed by atoms with Gasteiger partial charge in [-0.1, -0.05) is 64.6 Å². The number of carbonyl (C=O) groups excluding carboxylic acids is 4. The van der Waals surface area contributed by atoms with Gasteiger partial charge in [-0.2, -0.15) is 0 Å². The maximum Gasteiger partial charge on any atom is 0.335 e. The van der Waals surface area contributed by atoms with Crippen LogP contribution in [0, 0.1) is 6.92 Å². The van der Waals surface area contributed by atoms with Gasteiger partial charge in [0, 0.05) is 5.02 Å². The number of imide groups is 2. The first-order valence-corrected chi connectivity index (χ1v) is 12.4. The van der Waals surface area contributed by atoms with Gasteiger partial charge in [-0.05, 0) is 60.5 Å². The molecule has 0 spiro atoms. The molecule has 5 amide bonds. The number of urea groups is 1. The minimum absolute atomic E-state index is 0.0234. The Labute approximate surface area is 237 Å². The van der Waals surface area contributed by atoms with E-state index in [1.165, 1.54) is 30.3 Å². The third-order valence-corrected chi connectivity index (χ3v) is 6.64. The molecule has 12 heteroatoms. The maximum absolute atomic E-state index is 13.1. The van der Waals surface area contributed by atoms with Gasteiger partial charge in [0.05, 0.1) is 26.4 Å². The molecule has 1 aliphatic rings. The van der Waals surface area contributed by atoms with Crippen LogP contribution in [0.5, 0.6) is 5.75 Å². The molecular formula is C26H17Cl4N3O5. The first-order chi connectivity index (χ1) is 18.0. The zero-order valence-corrected chi connectivity index (χ0v) is 22.5. The average Bonchev–Trinajstić information content (AvgIpc) is 2.85. The summed E-state index contributed by atoms with van der Waals surface area (Å²) in [5.74, 6) is -2.22. The van der Waals surface area contributed by atoms with Gasteiger partial charge >= 0.3 is 6.03 Å². The highest BCUT2D eigenvalue weighted by molar-refractivity contribution is 6.40. The molecule has 0 unspecified atom stereocenters. The first-order valence-electron chi connectivity index (χ1n) is 10.9. The van der Waals surface area contributed by atoms with E-state index in [2.05, 4.69) is 10.6 Å². The largest absolute Gasteiger partial charge is 0.481 e. The fourth-order valence-corrected chi connectivity index (χ4v) is 4.44. The van der Waals surface area contributed by atoms with Crippen molar-refractivity contribution in [2.75, 3.05) is 16.8 Å². The van der Waals surface area contributed by atoms with Crippen LogP contribution in [-0.2, 0) is 14.4 Å². The summed E-state index contributed by atoms with van der Waals surface area (Å²) in [7, 11) is 0. The number of benzene rings is 3. The molecule has 0 radical (unpaired) electrons. The Hall–Kier alpha value is -3.56. The van der Waals surface area contributed by atoms with E-state index < -0.39 is 30.4 Å². The fraction of sp³-hybridized carbons (Fsp3) is 0.0769. The summed E-state index contributed by atoms with van der Waals surface area (Å²) in [6, 6.07) is 13.2. The lowest BCUT2D eigenvalue weighted by atomic mass is 10.1. The van der Waals surface area contributed by atoms with Crippen molar-refractivity contribution in [1.82, 2.24) is 5.32 Å². The van der Waals surface area contributed by atoms with E-state index in [1.807, 2.05) is 0 Å². The number of hydrogen-bond donors (Lipinski definition) is 2. The van der Waals surface area contributed by atoms with Crippen molar-refractivity contribution in [3.05, 3.63) is 91.4 Å². The van der Waals surface area contributed by atoms with E-state index in [4.69, 9.17) is 51.1 Å². The van der Waals surface area contributed by atoms with Crippen molar-refractivity contribution in [2.45, 2.75) is 6.92 Å². The second-order valence-electron chi connectivity index (χ2n) is 8.02. The van der Waals surface area contributed by atoms with E-state index in [0.29, 0.717) is 15.7 Å². The van der Waals surface area contributed by atoms with Crippen molar-refractivity contribution in [2.24, 2.45) is 0 Å². The first kappa shape index (κ1) is 27.5. The molecular weight excluding hydrogens is 576 g/mol. The lowest BCUT2D eigenvalue weighted by Gasteiger charge is -2.26. The van der Waals surface area contributed by atoms with E-state index in [1.54, 1.807) is 37.3 Å². The molecule has 3 aromatic carbocycles. The summed E-state index contributed by atoms with van der Waals surface area (Å²) >= 11 is 24.8. The van der Waals surface area contributed by atoms with Crippen LogP contribution in [0.1, 0.15) is 11.1 Å². The molecule has 1 aliphatic heterocycles. The molecule has 0 saturated carbocycles. The molecule has 0 atom stereocenters. The zero-order valence-electron chi connectivity index (χ0n) is 19.5. The highest BCUT2D eigenvalue weighted by Gasteiger charge is 2.37. The zero-order chi connectivity index (χ0) is 27.6. The van der Waals surface area contributed by atoms with Crippen molar-refractivity contribution in [3.63, 3.8) is 0 Å². The minimum Gasteiger partial charge on any atom is -0.481 e. The number of nitrogens with zero attached hydrogens (tertiary/aromatic N) is 1. The van der Waals surface area contributed by atoms with Crippen molar-refractivity contribution in [1.29, 1.82) is 0 Å². The highest BCUT2D eigenvalue weighted by Crippen LogP contribution is 2.35. The number of ether oxygens (including phenoxy) is 1. The van der Waals surface area contributed by atoms with E-state index in [9.17, 15) is 19.2 Å². The number of nitrogens with one attached hydrogen (secondary N) is 2. The second-order valence-corrected chi connectivity index (χ2v) is 9.65. The number of amides is 5. The molecule has 2 N–H and O–H groups in total. The van der Waals surface area contributed by atoms with E-state index in [-0.39, 0.29) is 32.6 Å². The van der Waals surface area contributed by atoms with Crippen LogP contribution in [0.4, 0.5) is 16.2 Å². The van der Waals surface area contributed by atoms with Crippen LogP contribution >= 0.6 is 46.4 Å². The Balaban J connectivity index is 1.54. The number of rotatable bonds is 6. The summed E-state index contributed by atoms with van der Waals surface area (Å²) < 4.78 is 5.49. The number of para-hydroxylation sites is 1. The SMILES string of the molecule is Cc1ccc(N2C(=O)NC(=O)/C(=C\c3cc(Cl)c(OCC(=O)Nc4ccccc4Cl)c(Cl)c3)C2=O)cc1Cl. The Bertz CT molecular complexity index is 1500. The van der Waals surface area contributed by atoms with Crippen molar-refractivity contribution >= 4 is 87.6 Å². The number of barbiturate groups is 1. The predicted octanol–water partition coefficient (Wildman–Crippen LogP) is 6.29. The Kier molecular flexibility index (Phi) is 8.28. The summed E-state index contributed by atoms with van der Waals surface area (Å²) in [5.41, 5.74) is 1.30. The molecule has 38 heavy (non-hydrogen) atoms. The quantitative estimate of drug-likeness (QED) is 0.258. The van der Waals surface area contributed by atoms with Gasteiger partial charge in [-0.15, -0.1) is 0 Å². The summed E-state index contributed by atoms with van der Waals surface area (Å²) in [5, 5.41) is 5.50. The molecule has 0 bridgehead atoms. The maximum atomic E-state index is 13.1. The lowest BCUT2D eigenvalue weighted by molar-refractivity contribution is -0.122. The molecule has 8 nitrogen and oxygen atoms in total. The second kappa shape index (κ2) is 11.4. The molecule has 1 saturated heterocycles. The van der Waals surface area contributed by atoms with Gasteiger partial charge in [0.2, 0.25) is 0 Å². The molecule has 3 aromatic rings. The smallest absolute Gasteiger partial charge is 0.335 e.